The fraction of sp³-hybridized carbons (Fsp3) is 0. The van der Waals surface area contributed by atoms with Crippen LogP contribution in [0.15, 0.2) is 67.0 Å². The topological polar surface area (TPSA) is 47.0 Å². The predicted molar refractivity (Wildman–Crippen MR) is 106 cm³/mol. The molecule has 0 aliphatic carbocycles. The minimum Gasteiger partial charge on any atom is -0.457 e. The number of hydrogen-bond acceptors (Lipinski definition) is 4. The maximum Gasteiger partial charge on any atom is 0.141 e. The Morgan fingerprint density at radius 1 is 0.815 bits per heavy atom. The van der Waals surface area contributed by atoms with E-state index in [0.29, 0.717) is 32.9 Å². The zero-order chi connectivity index (χ0) is 18.8. The fourth-order valence-corrected chi connectivity index (χ4v) is 2.84. The van der Waals surface area contributed by atoms with Crippen LogP contribution in [0.5, 0.6) is 11.5 Å². The van der Waals surface area contributed by atoms with Gasteiger partial charge in [0.15, 0.2) is 0 Å². The summed E-state index contributed by atoms with van der Waals surface area (Å²) in [5, 5.41) is 4.84. The van der Waals surface area contributed by atoms with Gasteiger partial charge in [-0.25, -0.2) is 14.4 Å². The van der Waals surface area contributed by atoms with Crippen LogP contribution in [0.3, 0.4) is 0 Å². The van der Waals surface area contributed by atoms with E-state index in [-0.39, 0.29) is 5.82 Å². The maximum atomic E-state index is 13.4. The molecule has 0 bridgehead atoms. The highest BCUT2D eigenvalue weighted by molar-refractivity contribution is 6.42. The molecule has 3 aromatic carbocycles. The summed E-state index contributed by atoms with van der Waals surface area (Å²) < 4.78 is 19.1. The second-order valence-electron chi connectivity index (χ2n) is 5.71. The van der Waals surface area contributed by atoms with Crippen molar-refractivity contribution in [1.82, 2.24) is 9.97 Å². The molecule has 0 atom stereocenters. The van der Waals surface area contributed by atoms with Gasteiger partial charge in [0, 0.05) is 23.2 Å². The number of ether oxygens (including phenoxy) is 1. The molecule has 0 saturated heterocycles. The van der Waals surface area contributed by atoms with Crippen LogP contribution in [-0.4, -0.2) is 9.97 Å². The summed E-state index contributed by atoms with van der Waals surface area (Å²) in [5.74, 6) is 1.50. The van der Waals surface area contributed by atoms with Gasteiger partial charge < -0.3 is 10.1 Å². The summed E-state index contributed by atoms with van der Waals surface area (Å²) in [4.78, 5) is 8.32. The van der Waals surface area contributed by atoms with Gasteiger partial charge in [0.2, 0.25) is 0 Å². The maximum absolute atomic E-state index is 13.4. The Balaban J connectivity index is 1.53. The van der Waals surface area contributed by atoms with Gasteiger partial charge in [-0.2, -0.15) is 0 Å². The minimum atomic E-state index is -0.337. The normalized spacial score (nSPS) is 10.8. The Hall–Kier alpha value is -2.89. The third-order valence-electron chi connectivity index (χ3n) is 3.84. The molecule has 1 heterocycles. The molecule has 0 aliphatic heterocycles. The van der Waals surface area contributed by atoms with Gasteiger partial charge in [-0.15, -0.1) is 0 Å². The Morgan fingerprint density at radius 2 is 1.59 bits per heavy atom. The SMILES string of the molecule is Fc1ccc2c(Nc3ccc(Oc4ccc(Cl)c(Cl)c4)cc3)ncnc2c1. The number of halogens is 3. The zero-order valence-corrected chi connectivity index (χ0v) is 15.3. The molecule has 0 unspecified atom stereocenters. The van der Waals surface area contributed by atoms with Crippen LogP contribution in [0, 0.1) is 5.82 Å². The van der Waals surface area contributed by atoms with Crippen LogP contribution in [0.4, 0.5) is 15.9 Å². The van der Waals surface area contributed by atoms with E-state index in [0.717, 1.165) is 11.1 Å². The van der Waals surface area contributed by atoms with Gasteiger partial charge in [0.25, 0.3) is 0 Å². The van der Waals surface area contributed by atoms with Crippen molar-refractivity contribution < 1.29 is 9.13 Å². The predicted octanol–water partition coefficient (Wildman–Crippen LogP) is 6.61. The quantitative estimate of drug-likeness (QED) is 0.419. The van der Waals surface area contributed by atoms with Crippen LogP contribution in [0.1, 0.15) is 0 Å². The van der Waals surface area contributed by atoms with Crippen LogP contribution >= 0.6 is 23.2 Å². The van der Waals surface area contributed by atoms with Crippen molar-refractivity contribution in [1.29, 1.82) is 0 Å². The first-order valence-electron chi connectivity index (χ1n) is 7.99. The molecule has 0 radical (unpaired) electrons. The van der Waals surface area contributed by atoms with Crippen molar-refractivity contribution in [2.24, 2.45) is 0 Å². The van der Waals surface area contributed by atoms with Crippen LogP contribution in [0.25, 0.3) is 10.9 Å². The van der Waals surface area contributed by atoms with Gasteiger partial charge in [-0.1, -0.05) is 23.2 Å². The zero-order valence-electron chi connectivity index (χ0n) is 13.8. The summed E-state index contributed by atoms with van der Waals surface area (Å²) in [7, 11) is 0. The van der Waals surface area contributed by atoms with E-state index in [9.17, 15) is 4.39 Å². The highest BCUT2D eigenvalue weighted by atomic mass is 35.5. The molecule has 1 N–H and O–H groups in total. The second kappa shape index (κ2) is 7.39. The van der Waals surface area contributed by atoms with Crippen molar-refractivity contribution >= 4 is 45.6 Å². The van der Waals surface area contributed by atoms with Crippen LogP contribution < -0.4 is 10.1 Å². The summed E-state index contributed by atoms with van der Waals surface area (Å²) in [6, 6.07) is 16.8. The summed E-state index contributed by atoms with van der Waals surface area (Å²) in [5.41, 5.74) is 1.34. The Kier molecular flexibility index (Phi) is 4.79. The van der Waals surface area contributed by atoms with Gasteiger partial charge in [-0.05, 0) is 48.5 Å². The lowest BCUT2D eigenvalue weighted by Gasteiger charge is -2.10. The molecule has 0 fully saturated rings. The Bertz CT molecular complexity index is 1120. The Morgan fingerprint density at radius 3 is 2.37 bits per heavy atom. The molecule has 7 heteroatoms. The highest BCUT2D eigenvalue weighted by Crippen LogP contribution is 2.30. The minimum absolute atomic E-state index is 0.337. The van der Waals surface area contributed by atoms with E-state index in [4.69, 9.17) is 27.9 Å². The van der Waals surface area contributed by atoms with Gasteiger partial charge in [0.05, 0.1) is 15.6 Å². The van der Waals surface area contributed by atoms with Crippen molar-refractivity contribution in [2.75, 3.05) is 5.32 Å². The second-order valence-corrected chi connectivity index (χ2v) is 6.53. The molecule has 4 aromatic rings. The monoisotopic (exact) mass is 399 g/mol. The average Bonchev–Trinajstić information content (AvgIpc) is 2.66. The van der Waals surface area contributed by atoms with Crippen LogP contribution in [0.2, 0.25) is 10.0 Å². The number of anilines is 2. The molecular formula is C20H12Cl2FN3O. The van der Waals surface area contributed by atoms with E-state index in [2.05, 4.69) is 15.3 Å². The standard InChI is InChI=1S/C20H12Cl2FN3O/c21-17-8-6-15(10-18(17)22)27-14-4-2-13(3-5-14)26-20-16-7-1-12(23)9-19(16)24-11-25-20/h1-11H,(H,24,25,26). The lowest BCUT2D eigenvalue weighted by atomic mass is 10.2. The first kappa shape index (κ1) is 17.5. The van der Waals surface area contributed by atoms with E-state index in [1.807, 2.05) is 24.3 Å². The summed E-state index contributed by atoms with van der Waals surface area (Å²) in [6.45, 7) is 0. The number of hydrogen-bond donors (Lipinski definition) is 1. The van der Waals surface area contributed by atoms with Crippen molar-refractivity contribution in [3.63, 3.8) is 0 Å². The van der Waals surface area contributed by atoms with Gasteiger partial charge >= 0.3 is 0 Å². The van der Waals surface area contributed by atoms with Gasteiger partial charge in [-0.3, -0.25) is 0 Å². The molecule has 4 rings (SSSR count). The molecule has 27 heavy (non-hydrogen) atoms. The number of fused-ring (bicyclic) bond motifs is 1. The molecule has 0 aliphatic rings. The first-order valence-corrected chi connectivity index (χ1v) is 8.74. The number of benzene rings is 3. The van der Waals surface area contributed by atoms with Crippen LogP contribution in [-0.2, 0) is 0 Å². The molecule has 0 spiro atoms. The summed E-state index contributed by atoms with van der Waals surface area (Å²) in [6.07, 6.45) is 1.39. The third-order valence-corrected chi connectivity index (χ3v) is 4.58. The molecule has 4 nitrogen and oxygen atoms in total. The fourth-order valence-electron chi connectivity index (χ4n) is 2.55. The molecule has 0 amide bonds. The third kappa shape index (κ3) is 3.94. The van der Waals surface area contributed by atoms with E-state index >= 15 is 0 Å². The van der Waals surface area contributed by atoms with E-state index in [1.54, 1.807) is 24.3 Å². The van der Waals surface area contributed by atoms with Gasteiger partial charge in [0.1, 0.15) is 29.5 Å². The summed E-state index contributed by atoms with van der Waals surface area (Å²) >= 11 is 11.9. The molecule has 0 saturated carbocycles. The van der Waals surface area contributed by atoms with Crippen molar-refractivity contribution in [3.8, 4) is 11.5 Å². The highest BCUT2D eigenvalue weighted by Gasteiger charge is 2.06. The lowest BCUT2D eigenvalue weighted by Crippen LogP contribution is -1.96. The van der Waals surface area contributed by atoms with Crippen molar-refractivity contribution in [3.05, 3.63) is 82.9 Å². The number of rotatable bonds is 4. The van der Waals surface area contributed by atoms with Crippen molar-refractivity contribution in [2.45, 2.75) is 0 Å². The molecular weight excluding hydrogens is 388 g/mol. The number of aromatic nitrogens is 2. The largest absolute Gasteiger partial charge is 0.457 e. The lowest BCUT2D eigenvalue weighted by molar-refractivity contribution is 0.483. The van der Waals surface area contributed by atoms with E-state index < -0.39 is 0 Å². The smallest absolute Gasteiger partial charge is 0.141 e. The molecule has 1 aromatic heterocycles. The average molecular weight is 400 g/mol. The first-order chi connectivity index (χ1) is 13.1. The Labute approximate surface area is 164 Å². The van der Waals surface area contributed by atoms with E-state index in [1.165, 1.54) is 18.5 Å². The number of nitrogens with one attached hydrogen (secondary N) is 1. The number of nitrogens with zero attached hydrogens (tertiary/aromatic N) is 2. The molecule has 134 valence electrons.